The molecular weight excluding hydrogens is 245 g/mol. The minimum absolute atomic E-state index is 0.0301. The Kier molecular flexibility index (Phi) is 3.51. The molecule has 0 bridgehead atoms. The molecule has 19 heavy (non-hydrogen) atoms. The molecule has 102 valence electrons. The molecule has 1 saturated carbocycles. The van der Waals surface area contributed by atoms with Crippen LogP contribution in [0.25, 0.3) is 0 Å². The number of benzene rings is 1. The number of halogens is 1. The van der Waals surface area contributed by atoms with Crippen LogP contribution in [0.15, 0.2) is 24.3 Å². The molecule has 2 aliphatic rings. The Balaban J connectivity index is 1.54. The van der Waals surface area contributed by atoms with Crippen molar-refractivity contribution in [3.8, 4) is 0 Å². The lowest BCUT2D eigenvalue weighted by molar-refractivity contribution is 0.0480. The topological polar surface area (TPSA) is 29.5 Å². The van der Waals surface area contributed by atoms with E-state index in [4.69, 9.17) is 4.74 Å². The van der Waals surface area contributed by atoms with E-state index in [1.807, 2.05) is 0 Å². The van der Waals surface area contributed by atoms with E-state index >= 15 is 0 Å². The Morgan fingerprint density at radius 2 is 2.00 bits per heavy atom. The maximum atomic E-state index is 12.8. The van der Waals surface area contributed by atoms with Crippen molar-refractivity contribution >= 4 is 5.91 Å². The van der Waals surface area contributed by atoms with Crippen molar-refractivity contribution in [2.75, 3.05) is 19.7 Å². The van der Waals surface area contributed by atoms with E-state index in [1.165, 1.54) is 37.1 Å². The SMILES string of the molecule is O=C(c1ccc(F)cc1)N1CCC(OCC2CC2)C1. The standard InChI is InChI=1S/C15H18FNO2/c16-13-5-3-12(4-6-13)15(18)17-8-7-14(9-17)19-10-11-1-2-11/h3-6,11,14H,1-2,7-10H2. The largest absolute Gasteiger partial charge is 0.376 e. The van der Waals surface area contributed by atoms with Gasteiger partial charge in [0.2, 0.25) is 0 Å². The molecule has 0 N–H and O–H groups in total. The fourth-order valence-electron chi connectivity index (χ4n) is 2.38. The average molecular weight is 263 g/mol. The molecule has 1 aliphatic heterocycles. The first-order valence-corrected chi connectivity index (χ1v) is 6.89. The Labute approximate surface area is 112 Å². The van der Waals surface area contributed by atoms with E-state index in [-0.39, 0.29) is 17.8 Å². The Hall–Kier alpha value is -1.42. The van der Waals surface area contributed by atoms with Gasteiger partial charge in [0.05, 0.1) is 6.10 Å². The van der Waals surface area contributed by atoms with Crippen LogP contribution in [0.5, 0.6) is 0 Å². The highest BCUT2D eigenvalue weighted by Crippen LogP contribution is 2.30. The van der Waals surface area contributed by atoms with Crippen LogP contribution in [0.2, 0.25) is 0 Å². The van der Waals surface area contributed by atoms with Gasteiger partial charge >= 0.3 is 0 Å². The number of carbonyl (C=O) groups is 1. The van der Waals surface area contributed by atoms with Crippen molar-refractivity contribution in [2.45, 2.75) is 25.4 Å². The Morgan fingerprint density at radius 1 is 1.26 bits per heavy atom. The lowest BCUT2D eigenvalue weighted by Gasteiger charge is -2.16. The van der Waals surface area contributed by atoms with Crippen LogP contribution in [-0.4, -0.2) is 36.6 Å². The molecule has 3 nitrogen and oxygen atoms in total. The molecule has 0 spiro atoms. The summed E-state index contributed by atoms with van der Waals surface area (Å²) in [4.78, 5) is 14.0. The molecule has 0 radical (unpaired) electrons. The zero-order valence-corrected chi connectivity index (χ0v) is 10.8. The molecule has 3 rings (SSSR count). The van der Waals surface area contributed by atoms with Gasteiger partial charge in [-0.25, -0.2) is 4.39 Å². The molecular formula is C15H18FNO2. The Bertz CT molecular complexity index is 456. The fourth-order valence-corrected chi connectivity index (χ4v) is 2.38. The number of amides is 1. The molecule has 1 aromatic rings. The number of hydrogen-bond donors (Lipinski definition) is 0. The van der Waals surface area contributed by atoms with E-state index in [1.54, 1.807) is 4.90 Å². The third-order valence-corrected chi connectivity index (χ3v) is 3.79. The lowest BCUT2D eigenvalue weighted by Crippen LogP contribution is -2.30. The highest BCUT2D eigenvalue weighted by molar-refractivity contribution is 5.94. The first-order chi connectivity index (χ1) is 9.22. The molecule has 1 atom stereocenters. The summed E-state index contributed by atoms with van der Waals surface area (Å²) >= 11 is 0. The molecule has 1 heterocycles. The van der Waals surface area contributed by atoms with E-state index in [0.717, 1.165) is 25.5 Å². The first-order valence-electron chi connectivity index (χ1n) is 6.89. The van der Waals surface area contributed by atoms with Crippen LogP contribution in [0.3, 0.4) is 0 Å². The highest BCUT2D eigenvalue weighted by atomic mass is 19.1. The number of nitrogens with zero attached hydrogens (tertiary/aromatic N) is 1. The van der Waals surface area contributed by atoms with E-state index in [2.05, 4.69) is 0 Å². The van der Waals surface area contributed by atoms with Crippen LogP contribution in [0.4, 0.5) is 4.39 Å². The maximum Gasteiger partial charge on any atom is 0.253 e. The van der Waals surface area contributed by atoms with E-state index < -0.39 is 0 Å². The summed E-state index contributed by atoms with van der Waals surface area (Å²) in [5.74, 6) is 0.406. The first kappa shape index (κ1) is 12.6. The second-order valence-corrected chi connectivity index (χ2v) is 5.45. The van der Waals surface area contributed by atoms with Gasteiger partial charge in [0.15, 0.2) is 0 Å². The van der Waals surface area contributed by atoms with Crippen LogP contribution in [0.1, 0.15) is 29.6 Å². The van der Waals surface area contributed by atoms with Gasteiger partial charge in [0, 0.05) is 25.3 Å². The van der Waals surface area contributed by atoms with Crippen LogP contribution < -0.4 is 0 Å². The summed E-state index contributed by atoms with van der Waals surface area (Å²) in [5, 5.41) is 0. The smallest absolute Gasteiger partial charge is 0.253 e. The highest BCUT2D eigenvalue weighted by Gasteiger charge is 2.29. The van der Waals surface area contributed by atoms with Gasteiger partial charge in [-0.15, -0.1) is 0 Å². The predicted octanol–water partition coefficient (Wildman–Crippen LogP) is 2.47. The van der Waals surface area contributed by atoms with Crippen molar-refractivity contribution < 1.29 is 13.9 Å². The predicted molar refractivity (Wildman–Crippen MR) is 69.4 cm³/mol. The number of likely N-dealkylation sites (tertiary alicyclic amines) is 1. The summed E-state index contributed by atoms with van der Waals surface area (Å²) in [5.41, 5.74) is 0.546. The number of carbonyl (C=O) groups excluding carboxylic acids is 1. The van der Waals surface area contributed by atoms with Gasteiger partial charge in [-0.3, -0.25) is 4.79 Å². The third-order valence-electron chi connectivity index (χ3n) is 3.79. The monoisotopic (exact) mass is 263 g/mol. The molecule has 0 aromatic heterocycles. The number of rotatable bonds is 4. The summed E-state index contributed by atoms with van der Waals surface area (Å²) in [6.07, 6.45) is 3.64. The maximum absolute atomic E-state index is 12.8. The zero-order chi connectivity index (χ0) is 13.2. The van der Waals surface area contributed by atoms with Gasteiger partial charge < -0.3 is 9.64 Å². The average Bonchev–Trinajstić information content (AvgIpc) is 3.13. The molecule has 4 heteroatoms. The minimum atomic E-state index is -0.316. The quantitative estimate of drug-likeness (QED) is 0.835. The zero-order valence-electron chi connectivity index (χ0n) is 10.8. The fraction of sp³-hybridized carbons (Fsp3) is 0.533. The van der Waals surface area contributed by atoms with Gasteiger partial charge in [-0.05, 0) is 49.4 Å². The lowest BCUT2D eigenvalue weighted by atomic mass is 10.2. The van der Waals surface area contributed by atoms with Gasteiger partial charge in [-0.2, -0.15) is 0 Å². The molecule has 1 amide bonds. The van der Waals surface area contributed by atoms with E-state index in [0.29, 0.717) is 12.1 Å². The molecule has 1 aromatic carbocycles. The van der Waals surface area contributed by atoms with Gasteiger partial charge in [0.1, 0.15) is 5.82 Å². The summed E-state index contributed by atoms with van der Waals surface area (Å²) < 4.78 is 18.6. The van der Waals surface area contributed by atoms with Crippen molar-refractivity contribution in [2.24, 2.45) is 5.92 Å². The second-order valence-electron chi connectivity index (χ2n) is 5.45. The van der Waals surface area contributed by atoms with Crippen molar-refractivity contribution in [1.82, 2.24) is 4.90 Å². The van der Waals surface area contributed by atoms with Crippen molar-refractivity contribution in [3.63, 3.8) is 0 Å². The van der Waals surface area contributed by atoms with E-state index in [9.17, 15) is 9.18 Å². The molecule has 1 aliphatic carbocycles. The minimum Gasteiger partial charge on any atom is -0.376 e. The summed E-state index contributed by atoms with van der Waals surface area (Å²) in [6.45, 7) is 2.22. The van der Waals surface area contributed by atoms with Crippen molar-refractivity contribution in [1.29, 1.82) is 0 Å². The third kappa shape index (κ3) is 3.13. The van der Waals surface area contributed by atoms with Crippen LogP contribution in [-0.2, 0) is 4.74 Å². The van der Waals surface area contributed by atoms with Gasteiger partial charge in [-0.1, -0.05) is 0 Å². The van der Waals surface area contributed by atoms with Crippen molar-refractivity contribution in [3.05, 3.63) is 35.6 Å². The number of hydrogen-bond acceptors (Lipinski definition) is 2. The molecule has 2 fully saturated rings. The summed E-state index contributed by atoms with van der Waals surface area (Å²) in [6, 6.07) is 5.72. The number of ether oxygens (including phenoxy) is 1. The summed E-state index contributed by atoms with van der Waals surface area (Å²) in [7, 11) is 0. The van der Waals surface area contributed by atoms with Crippen LogP contribution >= 0.6 is 0 Å². The molecule has 1 unspecified atom stereocenters. The normalized spacial score (nSPS) is 22.8. The van der Waals surface area contributed by atoms with Crippen LogP contribution in [0, 0.1) is 11.7 Å². The van der Waals surface area contributed by atoms with Gasteiger partial charge in [0.25, 0.3) is 5.91 Å². The Morgan fingerprint density at radius 3 is 2.68 bits per heavy atom. The second kappa shape index (κ2) is 5.29. The molecule has 1 saturated heterocycles.